The normalized spacial score (nSPS) is 24.4. The molecule has 0 bridgehead atoms. The molecule has 0 aliphatic heterocycles. The third kappa shape index (κ3) is 6.16. The highest BCUT2D eigenvalue weighted by molar-refractivity contribution is 4.78. The quantitative estimate of drug-likeness (QED) is 0.591. The van der Waals surface area contributed by atoms with E-state index in [-0.39, 0.29) is 0 Å². The molecule has 1 nitrogen and oxygen atoms in total. The predicted octanol–water partition coefficient (Wildman–Crippen LogP) is 5.69. The van der Waals surface area contributed by atoms with E-state index in [9.17, 15) is 0 Å². The van der Waals surface area contributed by atoms with Crippen LogP contribution in [0.1, 0.15) is 96.8 Å². The summed E-state index contributed by atoms with van der Waals surface area (Å²) in [5, 5.41) is 3.88. The van der Waals surface area contributed by atoms with Crippen LogP contribution in [0.4, 0.5) is 0 Å². The van der Waals surface area contributed by atoms with Gasteiger partial charge in [-0.25, -0.2) is 0 Å². The Morgan fingerprint density at radius 1 is 0.750 bits per heavy atom. The second-order valence-corrected chi connectivity index (χ2v) is 7.48. The van der Waals surface area contributed by atoms with Gasteiger partial charge in [-0.15, -0.1) is 0 Å². The Morgan fingerprint density at radius 2 is 1.20 bits per heavy atom. The molecule has 1 atom stereocenters. The van der Waals surface area contributed by atoms with Gasteiger partial charge in [-0.05, 0) is 37.6 Å². The van der Waals surface area contributed by atoms with Crippen LogP contribution in [0.3, 0.4) is 0 Å². The van der Waals surface area contributed by atoms with Gasteiger partial charge in [0.1, 0.15) is 0 Å². The lowest BCUT2D eigenvalue weighted by atomic mass is 9.82. The van der Waals surface area contributed by atoms with E-state index in [0.717, 1.165) is 17.9 Å². The van der Waals surface area contributed by atoms with Crippen LogP contribution in [0, 0.1) is 11.8 Å². The fourth-order valence-electron chi connectivity index (χ4n) is 4.44. The average molecular weight is 280 g/mol. The molecule has 0 aromatic rings. The van der Waals surface area contributed by atoms with E-state index in [0.29, 0.717) is 0 Å². The van der Waals surface area contributed by atoms with Crippen LogP contribution in [0.25, 0.3) is 0 Å². The molecule has 2 aliphatic carbocycles. The summed E-state index contributed by atoms with van der Waals surface area (Å²) in [6.07, 6.45) is 20.7. The molecule has 1 unspecified atom stereocenters. The molecule has 2 fully saturated rings. The number of hydrogen-bond donors (Lipinski definition) is 1. The van der Waals surface area contributed by atoms with Crippen LogP contribution in [-0.2, 0) is 0 Å². The lowest BCUT2D eigenvalue weighted by Crippen LogP contribution is -2.34. The van der Waals surface area contributed by atoms with Crippen LogP contribution < -0.4 is 5.32 Å². The Morgan fingerprint density at radius 3 is 1.65 bits per heavy atom. The van der Waals surface area contributed by atoms with E-state index in [4.69, 9.17) is 0 Å². The largest absolute Gasteiger partial charge is 0.314 e. The highest BCUT2D eigenvalue weighted by Crippen LogP contribution is 2.31. The van der Waals surface area contributed by atoms with Crippen LogP contribution in [0.15, 0.2) is 0 Å². The van der Waals surface area contributed by atoms with E-state index >= 15 is 0 Å². The molecule has 20 heavy (non-hydrogen) atoms. The first-order chi connectivity index (χ1) is 9.88. The van der Waals surface area contributed by atoms with Crippen LogP contribution in [0.5, 0.6) is 0 Å². The van der Waals surface area contributed by atoms with Crippen molar-refractivity contribution >= 4 is 0 Å². The second-order valence-electron chi connectivity index (χ2n) is 7.48. The third-order valence-electron chi connectivity index (χ3n) is 5.62. The van der Waals surface area contributed by atoms with Crippen molar-refractivity contribution in [3.8, 4) is 0 Å². The molecule has 0 aromatic heterocycles. The van der Waals surface area contributed by atoms with Gasteiger partial charge in [-0.1, -0.05) is 77.6 Å². The Balaban J connectivity index is 1.78. The standard InChI is InChI=1S/C19H37N/c1-2-14-20-19(16-18-12-8-5-9-13-18)15-17-10-6-3-4-7-11-17/h17-20H,2-16H2,1H3. The van der Waals surface area contributed by atoms with Crippen molar-refractivity contribution in [1.29, 1.82) is 0 Å². The van der Waals surface area contributed by atoms with Gasteiger partial charge in [0.2, 0.25) is 0 Å². The number of hydrogen-bond acceptors (Lipinski definition) is 1. The van der Waals surface area contributed by atoms with Gasteiger partial charge >= 0.3 is 0 Å². The van der Waals surface area contributed by atoms with Crippen LogP contribution in [-0.4, -0.2) is 12.6 Å². The Bertz CT molecular complexity index is 224. The summed E-state index contributed by atoms with van der Waals surface area (Å²) in [7, 11) is 0. The molecule has 2 saturated carbocycles. The first kappa shape index (κ1) is 16.3. The molecule has 2 aliphatic rings. The van der Waals surface area contributed by atoms with Gasteiger partial charge in [0, 0.05) is 6.04 Å². The first-order valence-electron chi connectivity index (χ1n) is 9.62. The molecule has 2 rings (SSSR count). The molecule has 1 N–H and O–H groups in total. The van der Waals surface area contributed by atoms with Gasteiger partial charge < -0.3 is 5.32 Å². The monoisotopic (exact) mass is 279 g/mol. The second kappa shape index (κ2) is 9.82. The number of rotatable bonds is 7. The summed E-state index contributed by atoms with van der Waals surface area (Å²) < 4.78 is 0. The van der Waals surface area contributed by atoms with Crippen molar-refractivity contribution in [1.82, 2.24) is 5.32 Å². The highest BCUT2D eigenvalue weighted by Gasteiger charge is 2.22. The van der Waals surface area contributed by atoms with Gasteiger partial charge in [0.05, 0.1) is 0 Å². The minimum atomic E-state index is 0.821. The average Bonchev–Trinajstić information content (AvgIpc) is 2.74. The molecule has 0 amide bonds. The molecule has 1 heteroatoms. The van der Waals surface area contributed by atoms with Gasteiger partial charge in [-0.2, -0.15) is 0 Å². The molecule has 118 valence electrons. The summed E-state index contributed by atoms with van der Waals surface area (Å²) >= 11 is 0. The van der Waals surface area contributed by atoms with E-state index in [1.807, 2.05) is 0 Å². The smallest absolute Gasteiger partial charge is 0.00723 e. The van der Waals surface area contributed by atoms with Crippen molar-refractivity contribution in [3.05, 3.63) is 0 Å². The maximum atomic E-state index is 3.88. The lowest BCUT2D eigenvalue weighted by Gasteiger charge is -2.29. The zero-order valence-electron chi connectivity index (χ0n) is 13.8. The fourth-order valence-corrected chi connectivity index (χ4v) is 4.44. The van der Waals surface area contributed by atoms with E-state index in [1.54, 1.807) is 0 Å². The van der Waals surface area contributed by atoms with Crippen LogP contribution >= 0.6 is 0 Å². The van der Waals surface area contributed by atoms with Crippen molar-refractivity contribution in [2.45, 2.75) is 103 Å². The maximum absolute atomic E-state index is 3.88. The Hall–Kier alpha value is -0.0400. The van der Waals surface area contributed by atoms with Crippen LogP contribution in [0.2, 0.25) is 0 Å². The molecule has 0 radical (unpaired) electrons. The summed E-state index contributed by atoms with van der Waals surface area (Å²) in [5.41, 5.74) is 0. The summed E-state index contributed by atoms with van der Waals surface area (Å²) in [6.45, 7) is 3.53. The maximum Gasteiger partial charge on any atom is 0.00723 e. The van der Waals surface area contributed by atoms with Crippen molar-refractivity contribution in [2.75, 3.05) is 6.54 Å². The van der Waals surface area contributed by atoms with Gasteiger partial charge in [0.25, 0.3) is 0 Å². The lowest BCUT2D eigenvalue weighted by molar-refractivity contribution is 0.263. The Kier molecular flexibility index (Phi) is 8.02. The van der Waals surface area contributed by atoms with Gasteiger partial charge in [0.15, 0.2) is 0 Å². The minimum Gasteiger partial charge on any atom is -0.314 e. The third-order valence-corrected chi connectivity index (χ3v) is 5.62. The van der Waals surface area contributed by atoms with Crippen molar-refractivity contribution in [3.63, 3.8) is 0 Å². The SMILES string of the molecule is CCCNC(CC1CCCCCC1)CC1CCCCC1. The molecule has 0 saturated heterocycles. The first-order valence-corrected chi connectivity index (χ1v) is 9.62. The summed E-state index contributed by atoms with van der Waals surface area (Å²) in [6, 6.07) is 0.821. The molecule has 0 heterocycles. The van der Waals surface area contributed by atoms with E-state index < -0.39 is 0 Å². The fraction of sp³-hybridized carbons (Fsp3) is 1.00. The summed E-state index contributed by atoms with van der Waals surface area (Å²) in [4.78, 5) is 0. The minimum absolute atomic E-state index is 0.821. The zero-order valence-corrected chi connectivity index (χ0v) is 13.8. The van der Waals surface area contributed by atoms with Gasteiger partial charge in [-0.3, -0.25) is 0 Å². The summed E-state index contributed by atoms with van der Waals surface area (Å²) in [5.74, 6) is 2.05. The molecule has 0 aromatic carbocycles. The topological polar surface area (TPSA) is 12.0 Å². The highest BCUT2D eigenvalue weighted by atomic mass is 14.9. The molecular formula is C19H37N. The van der Waals surface area contributed by atoms with Crippen molar-refractivity contribution < 1.29 is 0 Å². The zero-order chi connectivity index (χ0) is 14.0. The van der Waals surface area contributed by atoms with E-state index in [2.05, 4.69) is 12.2 Å². The predicted molar refractivity (Wildman–Crippen MR) is 89.1 cm³/mol. The van der Waals surface area contributed by atoms with E-state index in [1.165, 1.54) is 96.4 Å². The molecule has 0 spiro atoms. The van der Waals surface area contributed by atoms with Crippen molar-refractivity contribution in [2.24, 2.45) is 11.8 Å². The Labute approximate surface area is 127 Å². The molecular weight excluding hydrogens is 242 g/mol. The number of nitrogens with one attached hydrogen (secondary N) is 1.